The molecule has 0 aliphatic heterocycles. The summed E-state index contributed by atoms with van der Waals surface area (Å²) in [4.78, 5) is 0.914. The lowest BCUT2D eigenvalue weighted by Gasteiger charge is -1.77. The van der Waals surface area contributed by atoms with Crippen LogP contribution in [0.25, 0.3) is 10.3 Å². The molecular weight excluding hydrogens is 170 g/mol. The standard InChI is InChI=1S/C7H4F2OS/c1-3-2-4-6(11-3)5(8)7(9)10-4/h2H,1H3. The van der Waals surface area contributed by atoms with E-state index in [1.54, 1.807) is 6.07 Å². The summed E-state index contributed by atoms with van der Waals surface area (Å²) in [6, 6.07) is 0.498. The molecule has 0 amide bonds. The van der Waals surface area contributed by atoms with Crippen LogP contribution in [0.3, 0.4) is 0 Å². The molecule has 2 aromatic rings. The molecule has 0 bridgehead atoms. The van der Waals surface area contributed by atoms with E-state index in [0.717, 1.165) is 4.88 Å². The van der Waals surface area contributed by atoms with Crippen molar-refractivity contribution in [2.75, 3.05) is 0 Å². The van der Waals surface area contributed by atoms with Gasteiger partial charge in [-0.25, -0.2) is 0 Å². The maximum Gasteiger partial charge on any atom is 0.316 e. The third-order valence-corrected chi connectivity index (χ3v) is 2.42. The second-order valence-corrected chi connectivity index (χ2v) is 3.50. The largest absolute Gasteiger partial charge is 0.428 e. The highest BCUT2D eigenvalue weighted by Gasteiger charge is 2.15. The Morgan fingerprint density at radius 1 is 1.45 bits per heavy atom. The highest BCUT2D eigenvalue weighted by atomic mass is 32.1. The van der Waals surface area contributed by atoms with Gasteiger partial charge in [-0.2, -0.15) is 8.78 Å². The fraction of sp³-hybridized carbons (Fsp3) is 0.143. The Labute approximate surface area is 65.2 Å². The van der Waals surface area contributed by atoms with Crippen molar-refractivity contribution < 1.29 is 13.2 Å². The van der Waals surface area contributed by atoms with Gasteiger partial charge in [-0.3, -0.25) is 0 Å². The summed E-state index contributed by atoms with van der Waals surface area (Å²) in [5, 5.41) is 0. The molecule has 1 nitrogen and oxygen atoms in total. The lowest BCUT2D eigenvalue weighted by molar-refractivity contribution is 0.343. The predicted molar refractivity (Wildman–Crippen MR) is 38.7 cm³/mol. The van der Waals surface area contributed by atoms with Gasteiger partial charge in [0.15, 0.2) is 5.58 Å². The van der Waals surface area contributed by atoms with E-state index in [0.29, 0.717) is 5.58 Å². The van der Waals surface area contributed by atoms with Gasteiger partial charge in [-0.15, -0.1) is 11.3 Å². The second kappa shape index (κ2) is 2.04. The van der Waals surface area contributed by atoms with Crippen molar-refractivity contribution in [1.82, 2.24) is 0 Å². The monoisotopic (exact) mass is 174 g/mol. The molecule has 0 fully saturated rings. The zero-order valence-corrected chi connectivity index (χ0v) is 6.47. The second-order valence-electron chi connectivity index (χ2n) is 2.24. The van der Waals surface area contributed by atoms with Gasteiger partial charge in [0.2, 0.25) is 5.82 Å². The van der Waals surface area contributed by atoms with Crippen LogP contribution in [0, 0.1) is 18.8 Å². The molecule has 0 unspecified atom stereocenters. The molecule has 0 atom stereocenters. The number of halogens is 2. The molecule has 0 aliphatic carbocycles. The first-order chi connectivity index (χ1) is 5.18. The van der Waals surface area contributed by atoms with E-state index in [-0.39, 0.29) is 4.70 Å². The Kier molecular flexibility index (Phi) is 1.26. The van der Waals surface area contributed by atoms with E-state index in [2.05, 4.69) is 4.42 Å². The van der Waals surface area contributed by atoms with Crippen molar-refractivity contribution in [2.45, 2.75) is 6.92 Å². The van der Waals surface area contributed by atoms with Crippen molar-refractivity contribution >= 4 is 21.6 Å². The summed E-state index contributed by atoms with van der Waals surface area (Å²) in [7, 11) is 0. The van der Waals surface area contributed by atoms with Crippen molar-refractivity contribution in [3.63, 3.8) is 0 Å². The Morgan fingerprint density at radius 3 is 2.82 bits per heavy atom. The average molecular weight is 174 g/mol. The fourth-order valence-corrected chi connectivity index (χ4v) is 1.81. The van der Waals surface area contributed by atoms with Gasteiger partial charge < -0.3 is 4.42 Å². The highest BCUT2D eigenvalue weighted by Crippen LogP contribution is 2.30. The van der Waals surface area contributed by atoms with Gasteiger partial charge in [0.05, 0.1) is 0 Å². The molecule has 2 aromatic heterocycles. The summed E-state index contributed by atoms with van der Waals surface area (Å²) in [6.07, 6.45) is 0. The highest BCUT2D eigenvalue weighted by molar-refractivity contribution is 7.18. The summed E-state index contributed by atoms with van der Waals surface area (Å²) in [6.45, 7) is 1.82. The molecular formula is C7H4F2OS. The smallest absolute Gasteiger partial charge is 0.316 e. The molecule has 58 valence electrons. The number of rotatable bonds is 0. The van der Waals surface area contributed by atoms with Crippen molar-refractivity contribution in [3.05, 3.63) is 22.8 Å². The SMILES string of the molecule is Cc1cc2oc(F)c(F)c2s1. The molecule has 2 rings (SSSR count). The molecule has 0 saturated carbocycles. The zero-order valence-electron chi connectivity index (χ0n) is 5.65. The molecule has 0 spiro atoms. The molecule has 0 aliphatic rings. The number of thiophene rings is 1. The van der Waals surface area contributed by atoms with Crippen LogP contribution in [-0.4, -0.2) is 0 Å². The first-order valence-corrected chi connectivity index (χ1v) is 3.84. The van der Waals surface area contributed by atoms with E-state index in [4.69, 9.17) is 0 Å². The first kappa shape index (κ1) is 6.79. The number of fused-ring (bicyclic) bond motifs is 1. The quantitative estimate of drug-likeness (QED) is 0.598. The summed E-state index contributed by atoms with van der Waals surface area (Å²) < 4.78 is 29.8. The summed E-state index contributed by atoms with van der Waals surface area (Å²) >= 11 is 1.19. The van der Waals surface area contributed by atoms with Crippen LogP contribution in [-0.2, 0) is 0 Å². The zero-order chi connectivity index (χ0) is 8.01. The minimum atomic E-state index is -1.12. The lowest BCUT2D eigenvalue weighted by Crippen LogP contribution is -1.69. The Balaban J connectivity index is 2.88. The number of aryl methyl sites for hydroxylation is 1. The molecule has 0 saturated heterocycles. The topological polar surface area (TPSA) is 13.1 Å². The third-order valence-electron chi connectivity index (χ3n) is 1.39. The molecule has 0 radical (unpaired) electrons. The third kappa shape index (κ3) is 0.860. The molecule has 0 aromatic carbocycles. The van der Waals surface area contributed by atoms with Crippen LogP contribution in [0.15, 0.2) is 10.5 Å². The van der Waals surface area contributed by atoms with Crippen LogP contribution >= 0.6 is 11.3 Å². The molecule has 2 heterocycles. The van der Waals surface area contributed by atoms with Crippen LogP contribution in [0.5, 0.6) is 0 Å². The van der Waals surface area contributed by atoms with Gasteiger partial charge in [0.1, 0.15) is 4.70 Å². The Morgan fingerprint density at radius 2 is 2.18 bits per heavy atom. The number of furan rings is 1. The van der Waals surface area contributed by atoms with Crippen LogP contribution in [0.1, 0.15) is 4.88 Å². The average Bonchev–Trinajstić information content (AvgIpc) is 2.37. The van der Waals surface area contributed by atoms with Crippen molar-refractivity contribution in [3.8, 4) is 0 Å². The lowest BCUT2D eigenvalue weighted by atomic mass is 10.4. The van der Waals surface area contributed by atoms with Crippen molar-refractivity contribution in [1.29, 1.82) is 0 Å². The molecule has 11 heavy (non-hydrogen) atoms. The normalized spacial score (nSPS) is 11.2. The van der Waals surface area contributed by atoms with Crippen molar-refractivity contribution in [2.24, 2.45) is 0 Å². The molecule has 0 N–H and O–H groups in total. The predicted octanol–water partition coefficient (Wildman–Crippen LogP) is 3.08. The number of hydrogen-bond donors (Lipinski definition) is 0. The van der Waals surface area contributed by atoms with E-state index in [9.17, 15) is 8.78 Å². The maximum absolute atomic E-state index is 12.7. The van der Waals surface area contributed by atoms with Crippen LogP contribution in [0.2, 0.25) is 0 Å². The van der Waals surface area contributed by atoms with Gasteiger partial charge in [-0.05, 0) is 13.0 Å². The first-order valence-electron chi connectivity index (χ1n) is 3.02. The fourth-order valence-electron chi connectivity index (χ4n) is 0.950. The van der Waals surface area contributed by atoms with Gasteiger partial charge in [-0.1, -0.05) is 0 Å². The van der Waals surface area contributed by atoms with Gasteiger partial charge in [0, 0.05) is 4.88 Å². The number of hydrogen-bond acceptors (Lipinski definition) is 2. The summed E-state index contributed by atoms with van der Waals surface area (Å²) in [5.74, 6) is -0.877. The van der Waals surface area contributed by atoms with Crippen LogP contribution in [0.4, 0.5) is 8.78 Å². The molecule has 4 heteroatoms. The van der Waals surface area contributed by atoms with E-state index in [1.807, 2.05) is 6.92 Å². The van der Waals surface area contributed by atoms with Gasteiger partial charge in [0.25, 0.3) is 0 Å². The Hall–Kier alpha value is -0.900. The van der Waals surface area contributed by atoms with E-state index >= 15 is 0 Å². The van der Waals surface area contributed by atoms with Crippen LogP contribution < -0.4 is 0 Å². The summed E-state index contributed by atoms with van der Waals surface area (Å²) in [5.41, 5.74) is 0.294. The maximum atomic E-state index is 12.7. The Bertz CT molecular complexity index is 402. The van der Waals surface area contributed by atoms with Gasteiger partial charge >= 0.3 is 6.01 Å². The van der Waals surface area contributed by atoms with E-state index < -0.39 is 11.8 Å². The minimum absolute atomic E-state index is 0.264. The van der Waals surface area contributed by atoms with E-state index in [1.165, 1.54) is 11.3 Å². The minimum Gasteiger partial charge on any atom is -0.428 e.